The highest BCUT2D eigenvalue weighted by atomic mass is 35.5. The average Bonchev–Trinajstić information content (AvgIpc) is 2.88. The molecule has 0 aromatic heterocycles. The quantitative estimate of drug-likeness (QED) is 0.0655. The fourth-order valence-corrected chi connectivity index (χ4v) is 2.54. The third-order valence-corrected chi connectivity index (χ3v) is 4.42. The third kappa shape index (κ3) is 13.5. The number of nitrogens with one attached hydrogen (secondary N) is 2. The lowest BCUT2D eigenvalue weighted by Gasteiger charge is -2.14. The maximum atomic E-state index is 11.8. The number of carboxylic acid groups (broad SMARTS) is 2. The van der Waals surface area contributed by atoms with Gasteiger partial charge in [0, 0.05) is 13.1 Å². The van der Waals surface area contributed by atoms with Gasteiger partial charge in [0.2, 0.25) is 5.75 Å². The maximum absolute atomic E-state index is 11.8. The van der Waals surface area contributed by atoms with Gasteiger partial charge in [-0.2, -0.15) is 0 Å². The molecule has 8 N–H and O–H groups in total. The summed E-state index contributed by atoms with van der Waals surface area (Å²) in [4.78, 5) is 64.4. The van der Waals surface area contributed by atoms with Gasteiger partial charge in [0.05, 0.1) is 35.4 Å². The van der Waals surface area contributed by atoms with Crippen molar-refractivity contribution in [3.05, 3.63) is 57.6 Å². The lowest BCUT2D eigenvalue weighted by atomic mass is 10.1. The number of benzene rings is 2. The number of carbonyl (C=O) groups is 5. The Morgan fingerprint density at radius 1 is 0.976 bits per heavy atom. The minimum absolute atomic E-state index is 0. The van der Waals surface area contributed by atoms with E-state index in [0.29, 0.717) is 0 Å². The fourth-order valence-electron chi connectivity index (χ4n) is 2.54. The number of carboxylic acids is 2. The number of phenols is 2. The number of hydrogen-bond acceptors (Lipinski definition) is 12. The first-order valence-electron chi connectivity index (χ1n) is 10.9. The number of esters is 1. The number of carbonyl (C=O) groups excluding carboxylic acids is 3. The lowest BCUT2D eigenvalue weighted by Crippen LogP contribution is -2.32. The second-order valence-electron chi connectivity index (χ2n) is 7.41. The number of anilines is 1. The number of phenolic OH excluding ortho intramolecular Hbond substituents is 2. The van der Waals surface area contributed by atoms with Crippen LogP contribution in [0, 0.1) is 10.1 Å². The van der Waals surface area contributed by atoms with Crippen molar-refractivity contribution in [1.82, 2.24) is 15.5 Å². The number of amides is 2. The highest BCUT2D eigenvalue weighted by Gasteiger charge is 2.23. The van der Waals surface area contributed by atoms with E-state index in [1.807, 2.05) is 0 Å². The predicted molar refractivity (Wildman–Crippen MR) is 145 cm³/mol. The number of nitro groups is 1. The topological polar surface area (TPSA) is 272 Å². The van der Waals surface area contributed by atoms with Crippen LogP contribution in [0.4, 0.5) is 11.4 Å². The largest absolute Gasteiger partial charge is 0.505 e. The molecule has 0 saturated carbocycles. The van der Waals surface area contributed by atoms with Gasteiger partial charge in [-0.1, -0.05) is 12.1 Å². The molecule has 2 rings (SSSR count). The van der Waals surface area contributed by atoms with Crippen LogP contribution >= 0.6 is 12.4 Å². The van der Waals surface area contributed by atoms with E-state index in [2.05, 4.69) is 15.4 Å². The number of methoxy groups -OCH3 is 1. The molecule has 0 fully saturated rings. The van der Waals surface area contributed by atoms with E-state index >= 15 is 0 Å². The first-order chi connectivity index (χ1) is 18.7. The Balaban J connectivity index is 0. The van der Waals surface area contributed by atoms with E-state index in [9.17, 15) is 44.3 Å². The van der Waals surface area contributed by atoms with Crippen molar-refractivity contribution in [1.29, 1.82) is 0 Å². The molecule has 0 spiro atoms. The molecular weight excluding hydrogens is 574 g/mol. The van der Waals surface area contributed by atoms with Gasteiger partial charge in [0.1, 0.15) is 13.1 Å². The molecule has 0 radical (unpaired) electrons. The summed E-state index contributed by atoms with van der Waals surface area (Å²) in [5.41, 5.74) is 4.47. The van der Waals surface area contributed by atoms with E-state index < -0.39 is 53.2 Å². The number of aliphatic carboxylic acids is 2. The highest BCUT2D eigenvalue weighted by molar-refractivity contribution is 6.00. The van der Waals surface area contributed by atoms with E-state index in [-0.39, 0.29) is 47.5 Å². The minimum Gasteiger partial charge on any atom is -0.505 e. The molecule has 0 aliphatic heterocycles. The second kappa shape index (κ2) is 19.0. The number of nitrogen functional groups attached to an aromatic ring is 1. The van der Waals surface area contributed by atoms with Gasteiger partial charge < -0.3 is 46.4 Å². The first-order valence-corrected chi connectivity index (χ1v) is 10.9. The Kier molecular flexibility index (Phi) is 17.6. The number of ether oxygens (including phenoxy) is 1. The normalized spacial score (nSPS) is 9.24. The molecule has 2 amide bonds. The van der Waals surface area contributed by atoms with Crippen LogP contribution in [-0.4, -0.2) is 101 Å². The molecule has 0 bridgehead atoms. The average molecular weight is 604 g/mol. The molecular formula is C23H30ClN5O12. The van der Waals surface area contributed by atoms with E-state index in [1.165, 1.54) is 44.5 Å². The molecule has 2 aromatic carbocycles. The second-order valence-corrected chi connectivity index (χ2v) is 7.41. The Morgan fingerprint density at radius 3 is 2.00 bits per heavy atom. The highest BCUT2D eigenvalue weighted by Crippen LogP contribution is 2.29. The number of rotatable bonds is 9. The van der Waals surface area contributed by atoms with E-state index in [0.717, 1.165) is 11.0 Å². The number of likely N-dealkylation sites (N-methyl/N-ethyl adjacent to an activating group) is 2. The van der Waals surface area contributed by atoms with Crippen LogP contribution in [-0.2, 0) is 19.1 Å². The molecule has 18 heteroatoms. The zero-order valence-corrected chi connectivity index (χ0v) is 22.8. The van der Waals surface area contributed by atoms with Gasteiger partial charge in [0.15, 0.2) is 5.75 Å². The molecule has 0 atom stereocenters. The van der Waals surface area contributed by atoms with Crippen molar-refractivity contribution < 1.29 is 54.1 Å². The van der Waals surface area contributed by atoms with Gasteiger partial charge >= 0.3 is 23.6 Å². The number of hydrogen-bond donors (Lipinski definition) is 7. The van der Waals surface area contributed by atoms with Crippen LogP contribution in [0.5, 0.6) is 11.5 Å². The van der Waals surface area contributed by atoms with Gasteiger partial charge in [-0.25, -0.2) is 0 Å². The number of halogens is 1. The van der Waals surface area contributed by atoms with Crippen LogP contribution in [0.15, 0.2) is 36.4 Å². The first kappa shape index (κ1) is 38.0. The van der Waals surface area contributed by atoms with Crippen LogP contribution in [0.2, 0.25) is 0 Å². The Morgan fingerprint density at radius 2 is 1.54 bits per heavy atom. The Labute approximate surface area is 239 Å². The number of nitrogens with zero attached hydrogens (tertiary/aromatic N) is 2. The maximum Gasteiger partial charge on any atom is 0.323 e. The smallest absolute Gasteiger partial charge is 0.323 e. The van der Waals surface area contributed by atoms with Gasteiger partial charge in [-0.05, 0) is 25.2 Å². The zero-order chi connectivity index (χ0) is 31.0. The van der Waals surface area contributed by atoms with Crippen LogP contribution in [0.25, 0.3) is 0 Å². The standard InChI is InChI=1S/C10H10N2O6.C9H10N2O4.C4H9NO2.ClH/c1-11(5-8(13)14)10(16)6-3-2-4-7(9(6)15)12(17)18;10-6-3-1-2-5(8(6)14)9(15)11-4-7(12)13;1-5-3-4(6)7-2;/h2-4,15H,5H2,1H3,(H,13,14);1-3,14H,4,10H2,(H,11,15)(H,12,13);5H,3H2,1-2H3;1H. The summed E-state index contributed by atoms with van der Waals surface area (Å²) in [6, 6.07) is 7.74. The SMILES string of the molecule is CN(CC(=O)O)C(=O)c1cccc([N+](=O)[O-])c1O.CNCC(=O)OC.Cl.Nc1cccc(C(=O)NCC(=O)O)c1O. The molecule has 2 aromatic rings. The summed E-state index contributed by atoms with van der Waals surface area (Å²) < 4.78 is 4.29. The van der Waals surface area contributed by atoms with Gasteiger partial charge in [-0.3, -0.25) is 34.1 Å². The van der Waals surface area contributed by atoms with Gasteiger partial charge in [0.25, 0.3) is 11.8 Å². The summed E-state index contributed by atoms with van der Waals surface area (Å²) in [6.07, 6.45) is 0. The number of para-hydroxylation sites is 2. The molecule has 226 valence electrons. The van der Waals surface area contributed by atoms with Gasteiger partial charge in [-0.15, -0.1) is 12.4 Å². The summed E-state index contributed by atoms with van der Waals surface area (Å²) in [6.45, 7) is -0.787. The Hall–Kier alpha value is -5.16. The summed E-state index contributed by atoms with van der Waals surface area (Å²) in [5, 5.41) is 51.2. The van der Waals surface area contributed by atoms with Crippen LogP contribution in [0.1, 0.15) is 20.7 Å². The van der Waals surface area contributed by atoms with E-state index in [1.54, 1.807) is 7.05 Å². The summed E-state index contributed by atoms with van der Waals surface area (Å²) in [5.74, 6) is -5.23. The summed E-state index contributed by atoms with van der Waals surface area (Å²) >= 11 is 0. The van der Waals surface area contributed by atoms with E-state index in [4.69, 9.17) is 15.9 Å². The number of nitro benzene ring substituents is 1. The van der Waals surface area contributed by atoms with Crippen molar-refractivity contribution in [3.8, 4) is 11.5 Å². The van der Waals surface area contributed by atoms with Crippen molar-refractivity contribution in [2.45, 2.75) is 0 Å². The van der Waals surface area contributed by atoms with Crippen LogP contribution < -0.4 is 16.4 Å². The zero-order valence-electron chi connectivity index (χ0n) is 22.0. The van der Waals surface area contributed by atoms with Crippen molar-refractivity contribution in [2.75, 3.05) is 46.6 Å². The minimum atomic E-state index is -1.23. The molecule has 41 heavy (non-hydrogen) atoms. The summed E-state index contributed by atoms with van der Waals surface area (Å²) in [7, 11) is 4.27. The van der Waals surface area contributed by atoms with Crippen molar-refractivity contribution >= 4 is 53.5 Å². The van der Waals surface area contributed by atoms with Crippen LogP contribution in [0.3, 0.4) is 0 Å². The molecule has 0 aliphatic carbocycles. The monoisotopic (exact) mass is 603 g/mol. The molecule has 17 nitrogen and oxygen atoms in total. The van der Waals surface area contributed by atoms with Crippen molar-refractivity contribution in [2.24, 2.45) is 0 Å². The lowest BCUT2D eigenvalue weighted by molar-refractivity contribution is -0.385. The molecule has 0 aliphatic rings. The third-order valence-electron chi connectivity index (χ3n) is 4.42. The fraction of sp³-hybridized carbons (Fsp3) is 0.261. The Bertz CT molecular complexity index is 1240. The molecule has 0 saturated heterocycles. The van der Waals surface area contributed by atoms with Crippen molar-refractivity contribution in [3.63, 3.8) is 0 Å². The number of aromatic hydroxyl groups is 2. The number of nitrogens with two attached hydrogens (primary N) is 1. The predicted octanol–water partition coefficient (Wildman–Crippen LogP) is 0.0464. The molecule has 0 heterocycles. The molecule has 0 unspecified atom stereocenters.